The highest BCUT2D eigenvalue weighted by Gasteiger charge is 2.16. The summed E-state index contributed by atoms with van der Waals surface area (Å²) in [6, 6.07) is 9.11. The lowest BCUT2D eigenvalue weighted by atomic mass is 10.2. The van der Waals surface area contributed by atoms with Crippen molar-refractivity contribution in [2.24, 2.45) is 5.73 Å². The molecule has 0 aliphatic carbocycles. The van der Waals surface area contributed by atoms with Crippen LogP contribution >= 0.6 is 11.3 Å². The molecule has 1 aromatic carbocycles. The van der Waals surface area contributed by atoms with E-state index >= 15 is 0 Å². The average Bonchev–Trinajstić information content (AvgIpc) is 3.08. The number of nitrogens with two attached hydrogens (primary N) is 1. The fraction of sp³-hybridized carbons (Fsp3) is 0.188. The molecule has 7 nitrogen and oxygen atoms in total. The molecule has 4 amide bonds. The van der Waals surface area contributed by atoms with E-state index in [-0.39, 0.29) is 11.8 Å². The van der Waals surface area contributed by atoms with Crippen molar-refractivity contribution in [1.29, 1.82) is 0 Å². The van der Waals surface area contributed by atoms with Crippen molar-refractivity contribution in [3.63, 3.8) is 0 Å². The number of urea groups is 1. The number of hydrogen-bond donors (Lipinski definition) is 4. The third-order valence-electron chi connectivity index (χ3n) is 3.17. The van der Waals surface area contributed by atoms with Crippen LogP contribution in [0.4, 0.5) is 10.5 Å². The largest absolute Gasteiger partial charge is 0.351 e. The molecule has 2 rings (SSSR count). The Kier molecular flexibility index (Phi) is 5.91. The van der Waals surface area contributed by atoms with Gasteiger partial charge in [0.2, 0.25) is 5.91 Å². The van der Waals surface area contributed by atoms with Crippen molar-refractivity contribution in [2.75, 3.05) is 5.32 Å². The summed E-state index contributed by atoms with van der Waals surface area (Å²) in [4.78, 5) is 35.2. The van der Waals surface area contributed by atoms with Gasteiger partial charge >= 0.3 is 6.03 Å². The molecule has 0 saturated heterocycles. The molecule has 1 heterocycles. The number of benzene rings is 1. The molecule has 0 aliphatic rings. The van der Waals surface area contributed by atoms with E-state index in [2.05, 4.69) is 16.0 Å². The van der Waals surface area contributed by atoms with E-state index in [1.807, 2.05) is 0 Å². The molecule has 1 aromatic heterocycles. The van der Waals surface area contributed by atoms with Gasteiger partial charge in [-0.05, 0) is 36.1 Å². The molecule has 0 saturated carbocycles. The Bertz CT molecular complexity index is 713. The van der Waals surface area contributed by atoms with Crippen molar-refractivity contribution in [3.8, 4) is 0 Å². The fourth-order valence-corrected chi connectivity index (χ4v) is 2.56. The van der Waals surface area contributed by atoms with Crippen LogP contribution in [-0.4, -0.2) is 23.9 Å². The minimum absolute atomic E-state index is 0.269. The first-order valence-corrected chi connectivity index (χ1v) is 8.11. The standard InChI is InChI=1S/C16H18N4O3S/c1-10(19-15(22)13-3-2-8-24-13)14(21)18-9-11-4-6-12(7-5-11)20-16(17)23/h2-8,10H,9H2,1H3,(H,18,21)(H,19,22)(H3,17,20,23). The Labute approximate surface area is 143 Å². The highest BCUT2D eigenvalue weighted by molar-refractivity contribution is 7.12. The van der Waals surface area contributed by atoms with Crippen LogP contribution in [0.5, 0.6) is 0 Å². The minimum atomic E-state index is -0.643. The zero-order valence-electron chi connectivity index (χ0n) is 13.0. The first kappa shape index (κ1) is 17.5. The van der Waals surface area contributed by atoms with Crippen LogP contribution in [0.15, 0.2) is 41.8 Å². The maximum Gasteiger partial charge on any atom is 0.316 e. The van der Waals surface area contributed by atoms with Gasteiger partial charge in [-0.2, -0.15) is 0 Å². The predicted octanol–water partition coefficient (Wildman–Crippen LogP) is 1.67. The molecule has 0 radical (unpaired) electrons. The van der Waals surface area contributed by atoms with Crippen LogP contribution in [0.1, 0.15) is 22.2 Å². The van der Waals surface area contributed by atoms with E-state index in [4.69, 9.17) is 5.73 Å². The number of nitrogens with one attached hydrogen (secondary N) is 3. The van der Waals surface area contributed by atoms with Gasteiger partial charge in [-0.1, -0.05) is 18.2 Å². The smallest absolute Gasteiger partial charge is 0.316 e. The molecular weight excluding hydrogens is 328 g/mol. The normalized spacial score (nSPS) is 11.4. The van der Waals surface area contributed by atoms with Crippen LogP contribution in [0.3, 0.4) is 0 Å². The van der Waals surface area contributed by atoms with Crippen molar-refractivity contribution < 1.29 is 14.4 Å². The highest BCUT2D eigenvalue weighted by Crippen LogP contribution is 2.10. The van der Waals surface area contributed by atoms with Crippen LogP contribution < -0.4 is 21.7 Å². The Morgan fingerprint density at radius 2 is 1.88 bits per heavy atom. The second-order valence-corrected chi connectivity index (χ2v) is 6.02. The number of carbonyl (C=O) groups is 3. The van der Waals surface area contributed by atoms with Crippen LogP contribution in [0.25, 0.3) is 0 Å². The number of primary amides is 1. The third kappa shape index (κ3) is 5.10. The number of thiophene rings is 1. The van der Waals surface area contributed by atoms with Gasteiger partial charge in [0.05, 0.1) is 4.88 Å². The number of carbonyl (C=O) groups excluding carboxylic acids is 3. The topological polar surface area (TPSA) is 113 Å². The maximum absolute atomic E-state index is 12.0. The van der Waals surface area contributed by atoms with Gasteiger partial charge in [-0.25, -0.2) is 4.79 Å². The SMILES string of the molecule is CC(NC(=O)c1cccs1)C(=O)NCc1ccc(NC(N)=O)cc1. The Morgan fingerprint density at radius 1 is 1.17 bits per heavy atom. The highest BCUT2D eigenvalue weighted by atomic mass is 32.1. The van der Waals surface area contributed by atoms with Crippen molar-refractivity contribution in [2.45, 2.75) is 19.5 Å². The summed E-state index contributed by atoms with van der Waals surface area (Å²) < 4.78 is 0. The molecule has 0 bridgehead atoms. The third-order valence-corrected chi connectivity index (χ3v) is 4.04. The average molecular weight is 346 g/mol. The molecule has 8 heteroatoms. The zero-order valence-corrected chi connectivity index (χ0v) is 13.9. The Hall–Kier alpha value is -2.87. The van der Waals surface area contributed by atoms with Gasteiger partial charge in [0.15, 0.2) is 0 Å². The summed E-state index contributed by atoms with van der Waals surface area (Å²) in [6.45, 7) is 1.94. The Balaban J connectivity index is 1.81. The summed E-state index contributed by atoms with van der Waals surface area (Å²) in [7, 11) is 0. The monoisotopic (exact) mass is 346 g/mol. The molecule has 2 aromatic rings. The first-order valence-electron chi connectivity index (χ1n) is 7.23. The van der Waals surface area contributed by atoms with Crippen LogP contribution in [0.2, 0.25) is 0 Å². The summed E-state index contributed by atoms with van der Waals surface area (Å²) >= 11 is 1.32. The second kappa shape index (κ2) is 8.11. The number of hydrogen-bond acceptors (Lipinski definition) is 4. The molecular formula is C16H18N4O3S. The lowest BCUT2D eigenvalue weighted by Gasteiger charge is -2.14. The minimum Gasteiger partial charge on any atom is -0.351 e. The van der Waals surface area contributed by atoms with Gasteiger partial charge in [0.1, 0.15) is 6.04 Å². The van der Waals surface area contributed by atoms with Crippen LogP contribution in [0, 0.1) is 0 Å². The van der Waals surface area contributed by atoms with Gasteiger partial charge in [0, 0.05) is 12.2 Å². The number of rotatable bonds is 6. The fourth-order valence-electron chi connectivity index (χ4n) is 1.93. The van der Waals surface area contributed by atoms with Crippen molar-refractivity contribution in [1.82, 2.24) is 10.6 Å². The molecule has 1 atom stereocenters. The molecule has 5 N–H and O–H groups in total. The quantitative estimate of drug-likeness (QED) is 0.638. The van der Waals surface area contributed by atoms with Gasteiger partial charge < -0.3 is 21.7 Å². The van der Waals surface area contributed by atoms with E-state index in [1.165, 1.54) is 11.3 Å². The van der Waals surface area contributed by atoms with E-state index < -0.39 is 12.1 Å². The van der Waals surface area contributed by atoms with Crippen LogP contribution in [-0.2, 0) is 11.3 Å². The predicted molar refractivity (Wildman–Crippen MR) is 92.7 cm³/mol. The molecule has 0 spiro atoms. The van der Waals surface area contributed by atoms with E-state index in [0.717, 1.165) is 5.56 Å². The van der Waals surface area contributed by atoms with Gasteiger partial charge in [-0.15, -0.1) is 11.3 Å². The van der Waals surface area contributed by atoms with E-state index in [1.54, 1.807) is 48.7 Å². The number of amides is 4. The molecule has 0 aliphatic heterocycles. The first-order chi connectivity index (χ1) is 11.5. The van der Waals surface area contributed by atoms with Crippen molar-refractivity contribution in [3.05, 3.63) is 52.2 Å². The number of anilines is 1. The Morgan fingerprint density at radius 3 is 2.46 bits per heavy atom. The van der Waals surface area contributed by atoms with Gasteiger partial charge in [0.25, 0.3) is 5.91 Å². The summed E-state index contributed by atoms with van der Waals surface area (Å²) in [5.74, 6) is -0.547. The molecule has 24 heavy (non-hydrogen) atoms. The van der Waals surface area contributed by atoms with Gasteiger partial charge in [-0.3, -0.25) is 9.59 Å². The zero-order chi connectivity index (χ0) is 17.5. The molecule has 126 valence electrons. The lowest BCUT2D eigenvalue weighted by molar-refractivity contribution is -0.122. The second-order valence-electron chi connectivity index (χ2n) is 5.08. The summed E-state index contributed by atoms with van der Waals surface area (Å²) in [5.41, 5.74) is 6.46. The van der Waals surface area contributed by atoms with E-state index in [0.29, 0.717) is 17.1 Å². The van der Waals surface area contributed by atoms with Crippen molar-refractivity contribution >= 4 is 34.9 Å². The molecule has 0 fully saturated rings. The summed E-state index contributed by atoms with van der Waals surface area (Å²) in [6.07, 6.45) is 0. The summed E-state index contributed by atoms with van der Waals surface area (Å²) in [5, 5.41) is 9.65. The van der Waals surface area contributed by atoms with E-state index in [9.17, 15) is 14.4 Å². The lowest BCUT2D eigenvalue weighted by Crippen LogP contribution is -2.44. The molecule has 1 unspecified atom stereocenters. The maximum atomic E-state index is 12.0.